The number of thioether (sulfide) groups is 1. The number of para-hydroxylation sites is 1. The molecule has 5 nitrogen and oxygen atoms in total. The number of anilines is 1. The molecule has 7 heteroatoms. The van der Waals surface area contributed by atoms with Crippen LogP contribution in [0.2, 0.25) is 5.02 Å². The Hall–Kier alpha value is -2.31. The van der Waals surface area contributed by atoms with Gasteiger partial charge in [0.1, 0.15) is 0 Å². The molecule has 0 atom stereocenters. The van der Waals surface area contributed by atoms with E-state index in [-0.39, 0.29) is 17.2 Å². The molecule has 0 aliphatic rings. The summed E-state index contributed by atoms with van der Waals surface area (Å²) in [6, 6.07) is 12.7. The number of halogens is 1. The smallest absolute Gasteiger partial charge is 0.262 e. The minimum absolute atomic E-state index is 0.0624. The van der Waals surface area contributed by atoms with Crippen LogP contribution in [0.3, 0.4) is 0 Å². The van der Waals surface area contributed by atoms with Crippen molar-refractivity contribution in [1.82, 2.24) is 9.55 Å². The molecule has 0 fully saturated rings. The van der Waals surface area contributed by atoms with Gasteiger partial charge < -0.3 is 5.32 Å². The van der Waals surface area contributed by atoms with Gasteiger partial charge in [-0.3, -0.25) is 14.2 Å². The summed E-state index contributed by atoms with van der Waals surface area (Å²) in [5.41, 5.74) is 2.21. The largest absolute Gasteiger partial charge is 0.325 e. The molecule has 0 aliphatic carbocycles. The second-order valence-corrected chi connectivity index (χ2v) is 7.90. The van der Waals surface area contributed by atoms with Gasteiger partial charge in [0.15, 0.2) is 5.16 Å². The van der Waals surface area contributed by atoms with E-state index in [9.17, 15) is 9.59 Å². The number of hydrogen-bond acceptors (Lipinski definition) is 4. The minimum Gasteiger partial charge on any atom is -0.325 e. The molecule has 28 heavy (non-hydrogen) atoms. The predicted octanol–water partition coefficient (Wildman–Crippen LogP) is 4.89. The van der Waals surface area contributed by atoms with Crippen LogP contribution >= 0.6 is 23.4 Å². The fourth-order valence-electron chi connectivity index (χ4n) is 2.82. The van der Waals surface area contributed by atoms with Gasteiger partial charge in [-0.1, -0.05) is 54.9 Å². The third kappa shape index (κ3) is 4.75. The fourth-order valence-corrected chi connectivity index (χ4v) is 3.81. The first-order chi connectivity index (χ1) is 13.5. The van der Waals surface area contributed by atoms with Gasteiger partial charge in [0.2, 0.25) is 5.91 Å². The highest BCUT2D eigenvalue weighted by molar-refractivity contribution is 7.99. The fraction of sp³-hybridized carbons (Fsp3) is 0.286. The topological polar surface area (TPSA) is 64.0 Å². The minimum atomic E-state index is -0.167. The molecule has 0 saturated carbocycles. The summed E-state index contributed by atoms with van der Waals surface area (Å²) >= 11 is 7.28. The van der Waals surface area contributed by atoms with Crippen LogP contribution in [0, 0.1) is 6.92 Å². The van der Waals surface area contributed by atoms with Gasteiger partial charge >= 0.3 is 0 Å². The molecule has 3 aromatic rings. The molecule has 146 valence electrons. The van der Waals surface area contributed by atoms with Crippen molar-refractivity contribution in [3.8, 4) is 0 Å². The number of amides is 1. The molecule has 3 rings (SSSR count). The lowest BCUT2D eigenvalue weighted by Gasteiger charge is -2.13. The van der Waals surface area contributed by atoms with Crippen LogP contribution in [0.5, 0.6) is 0 Å². The number of benzene rings is 2. The predicted molar refractivity (Wildman–Crippen MR) is 116 cm³/mol. The van der Waals surface area contributed by atoms with Crippen LogP contribution in [0.15, 0.2) is 52.4 Å². The Kier molecular flexibility index (Phi) is 6.75. The third-order valence-electron chi connectivity index (χ3n) is 4.37. The standard InChI is InChI=1S/C21H22ClN3O2S/c1-3-4-11-25-20(27)16-7-5-6-8-17(16)24-21(25)28-13-19(26)23-18-12-15(22)10-9-14(18)2/h5-10,12H,3-4,11,13H2,1-2H3,(H,23,26). The van der Waals surface area contributed by atoms with E-state index in [1.807, 2.05) is 31.2 Å². The normalized spacial score (nSPS) is 11.0. The number of nitrogens with one attached hydrogen (secondary N) is 1. The van der Waals surface area contributed by atoms with Crippen molar-refractivity contribution in [3.05, 3.63) is 63.4 Å². The van der Waals surface area contributed by atoms with E-state index in [0.717, 1.165) is 18.4 Å². The zero-order chi connectivity index (χ0) is 20.1. The van der Waals surface area contributed by atoms with Crippen molar-refractivity contribution in [1.29, 1.82) is 0 Å². The highest BCUT2D eigenvalue weighted by Gasteiger charge is 2.13. The summed E-state index contributed by atoms with van der Waals surface area (Å²) in [5.74, 6) is -0.0112. The van der Waals surface area contributed by atoms with Crippen LogP contribution < -0.4 is 10.9 Å². The average Bonchev–Trinajstić information content (AvgIpc) is 2.69. The number of fused-ring (bicyclic) bond motifs is 1. The number of aromatic nitrogens is 2. The zero-order valence-electron chi connectivity index (χ0n) is 15.9. The summed E-state index contributed by atoms with van der Waals surface area (Å²) in [7, 11) is 0. The number of carbonyl (C=O) groups is 1. The van der Waals surface area contributed by atoms with E-state index in [1.54, 1.807) is 22.8 Å². The van der Waals surface area contributed by atoms with Gasteiger partial charge in [0, 0.05) is 17.3 Å². The van der Waals surface area contributed by atoms with Gasteiger partial charge in [0.25, 0.3) is 5.56 Å². The Morgan fingerprint density at radius 2 is 2.04 bits per heavy atom. The van der Waals surface area contributed by atoms with E-state index in [2.05, 4.69) is 17.2 Å². The Labute approximate surface area is 173 Å². The van der Waals surface area contributed by atoms with E-state index in [4.69, 9.17) is 11.6 Å². The lowest BCUT2D eigenvalue weighted by molar-refractivity contribution is -0.113. The van der Waals surface area contributed by atoms with Crippen LogP contribution in [0.25, 0.3) is 10.9 Å². The number of unbranched alkanes of at least 4 members (excludes halogenated alkanes) is 1. The van der Waals surface area contributed by atoms with E-state index >= 15 is 0 Å². The summed E-state index contributed by atoms with van der Waals surface area (Å²) in [6.45, 7) is 4.57. The van der Waals surface area contributed by atoms with Crippen molar-refractivity contribution in [3.63, 3.8) is 0 Å². The molecule has 0 radical (unpaired) electrons. The van der Waals surface area contributed by atoms with Gasteiger partial charge in [-0.05, 0) is 43.2 Å². The van der Waals surface area contributed by atoms with Gasteiger partial charge in [-0.15, -0.1) is 0 Å². The first kappa shape index (κ1) is 20.4. The molecule has 0 aliphatic heterocycles. The molecule has 0 saturated heterocycles. The maximum Gasteiger partial charge on any atom is 0.262 e. The van der Waals surface area contributed by atoms with Crippen LogP contribution in [0.1, 0.15) is 25.3 Å². The van der Waals surface area contributed by atoms with Crippen LogP contribution in [-0.2, 0) is 11.3 Å². The Morgan fingerprint density at radius 1 is 1.25 bits per heavy atom. The molecular weight excluding hydrogens is 394 g/mol. The van der Waals surface area contributed by atoms with Gasteiger partial charge in [0.05, 0.1) is 16.7 Å². The lowest BCUT2D eigenvalue weighted by Crippen LogP contribution is -2.24. The summed E-state index contributed by atoms with van der Waals surface area (Å²) in [4.78, 5) is 29.9. The molecule has 0 spiro atoms. The van der Waals surface area contributed by atoms with Crippen molar-refractivity contribution >= 4 is 45.9 Å². The number of rotatable bonds is 7. The maximum absolute atomic E-state index is 12.9. The monoisotopic (exact) mass is 415 g/mol. The highest BCUT2D eigenvalue weighted by Crippen LogP contribution is 2.22. The van der Waals surface area contributed by atoms with Crippen molar-refractivity contribution < 1.29 is 4.79 Å². The molecule has 2 aromatic carbocycles. The number of nitrogens with zero attached hydrogens (tertiary/aromatic N) is 2. The highest BCUT2D eigenvalue weighted by atomic mass is 35.5. The Bertz CT molecular complexity index is 1070. The zero-order valence-corrected chi connectivity index (χ0v) is 17.4. The summed E-state index contributed by atoms with van der Waals surface area (Å²) in [5, 5.41) is 4.61. The third-order valence-corrected chi connectivity index (χ3v) is 5.58. The Morgan fingerprint density at radius 3 is 2.82 bits per heavy atom. The molecular formula is C21H22ClN3O2S. The second-order valence-electron chi connectivity index (χ2n) is 6.52. The summed E-state index contributed by atoms with van der Waals surface area (Å²) in [6.07, 6.45) is 1.85. The molecule has 1 amide bonds. The van der Waals surface area contributed by atoms with Crippen molar-refractivity contribution in [2.75, 3.05) is 11.1 Å². The molecule has 0 bridgehead atoms. The Balaban J connectivity index is 1.81. The number of carbonyl (C=O) groups excluding carboxylic acids is 1. The van der Waals surface area contributed by atoms with E-state index in [0.29, 0.717) is 33.3 Å². The first-order valence-electron chi connectivity index (χ1n) is 9.18. The van der Waals surface area contributed by atoms with Crippen molar-refractivity contribution in [2.45, 2.75) is 38.4 Å². The molecule has 1 N–H and O–H groups in total. The number of aryl methyl sites for hydroxylation is 1. The van der Waals surface area contributed by atoms with E-state index < -0.39 is 0 Å². The lowest BCUT2D eigenvalue weighted by atomic mass is 10.2. The first-order valence-corrected chi connectivity index (χ1v) is 10.5. The van der Waals surface area contributed by atoms with Gasteiger partial charge in [-0.2, -0.15) is 0 Å². The number of hydrogen-bond donors (Lipinski definition) is 1. The van der Waals surface area contributed by atoms with Crippen LogP contribution in [0.4, 0.5) is 5.69 Å². The van der Waals surface area contributed by atoms with E-state index in [1.165, 1.54) is 11.8 Å². The van der Waals surface area contributed by atoms with Gasteiger partial charge in [-0.25, -0.2) is 4.98 Å². The quantitative estimate of drug-likeness (QED) is 0.440. The maximum atomic E-state index is 12.9. The second kappa shape index (κ2) is 9.26. The van der Waals surface area contributed by atoms with Crippen molar-refractivity contribution in [2.24, 2.45) is 0 Å². The van der Waals surface area contributed by atoms with Crippen LogP contribution in [-0.4, -0.2) is 21.2 Å². The SMILES string of the molecule is CCCCn1c(SCC(=O)Nc2cc(Cl)ccc2C)nc2ccccc2c1=O. The summed E-state index contributed by atoms with van der Waals surface area (Å²) < 4.78 is 1.68. The molecule has 0 unspecified atom stereocenters. The average molecular weight is 416 g/mol. The molecule has 1 aromatic heterocycles. The molecule has 1 heterocycles.